The van der Waals surface area contributed by atoms with Crippen LogP contribution in [0.3, 0.4) is 0 Å². The van der Waals surface area contributed by atoms with Crippen LogP contribution in [0.25, 0.3) is 0 Å². The van der Waals surface area contributed by atoms with Gasteiger partial charge in [0.05, 0.1) is 0 Å². The summed E-state index contributed by atoms with van der Waals surface area (Å²) in [7, 11) is 0. The van der Waals surface area contributed by atoms with Crippen LogP contribution < -0.4 is 9.64 Å². The third-order valence-electron chi connectivity index (χ3n) is 6.55. The van der Waals surface area contributed by atoms with E-state index in [1.54, 1.807) is 17.0 Å². The van der Waals surface area contributed by atoms with Gasteiger partial charge >= 0.3 is 0 Å². The van der Waals surface area contributed by atoms with Gasteiger partial charge < -0.3 is 4.74 Å². The molecule has 0 N–H and O–H groups in total. The molecule has 35 heavy (non-hydrogen) atoms. The molecule has 0 aromatic heterocycles. The van der Waals surface area contributed by atoms with Crippen LogP contribution in [0.2, 0.25) is 10.0 Å². The highest BCUT2D eigenvalue weighted by atomic mass is 35.5. The molecule has 0 saturated carbocycles. The number of benzene rings is 3. The van der Waals surface area contributed by atoms with Gasteiger partial charge in [-0.3, -0.25) is 14.5 Å². The summed E-state index contributed by atoms with van der Waals surface area (Å²) in [6.45, 7) is 4.13. The van der Waals surface area contributed by atoms with Gasteiger partial charge in [0, 0.05) is 45.8 Å². The van der Waals surface area contributed by atoms with Crippen LogP contribution in [0, 0.1) is 5.41 Å². The average molecular weight is 506 g/mol. The lowest BCUT2D eigenvalue weighted by atomic mass is 9.69. The summed E-state index contributed by atoms with van der Waals surface area (Å²) >= 11 is 12.6. The lowest BCUT2D eigenvalue weighted by molar-refractivity contribution is -0.121. The minimum atomic E-state index is -0.386. The second-order valence-corrected chi connectivity index (χ2v) is 10.7. The average Bonchev–Trinajstić information content (AvgIpc) is 2.79. The van der Waals surface area contributed by atoms with Crippen LogP contribution in [0.1, 0.15) is 44.6 Å². The zero-order valence-electron chi connectivity index (χ0n) is 19.6. The minimum absolute atomic E-state index is 0.0637. The zero-order chi connectivity index (χ0) is 24.7. The highest BCUT2D eigenvalue weighted by Gasteiger charge is 2.44. The van der Waals surface area contributed by atoms with E-state index in [4.69, 9.17) is 27.9 Å². The molecule has 6 heteroatoms. The Morgan fingerprint density at radius 3 is 2.26 bits per heavy atom. The summed E-state index contributed by atoms with van der Waals surface area (Å²) in [6.07, 6.45) is 1.21. The summed E-state index contributed by atoms with van der Waals surface area (Å²) < 4.78 is 5.91. The molecule has 1 aliphatic heterocycles. The van der Waals surface area contributed by atoms with E-state index in [9.17, 15) is 9.59 Å². The second kappa shape index (κ2) is 9.18. The van der Waals surface area contributed by atoms with Gasteiger partial charge in [-0.05, 0) is 65.9 Å². The number of anilines is 1. The number of rotatable bonds is 4. The molecule has 0 bridgehead atoms. The molecule has 1 unspecified atom stereocenters. The normalized spacial score (nSPS) is 19.5. The Morgan fingerprint density at radius 2 is 1.57 bits per heavy atom. The van der Waals surface area contributed by atoms with E-state index in [-0.39, 0.29) is 29.4 Å². The number of ketones is 1. The van der Waals surface area contributed by atoms with Crippen LogP contribution >= 0.6 is 23.2 Å². The van der Waals surface area contributed by atoms with E-state index in [1.165, 1.54) is 0 Å². The van der Waals surface area contributed by atoms with Gasteiger partial charge in [0.25, 0.3) is 0 Å². The SMILES string of the molecule is CC1(C)CC(=O)C2=C(C1)N(c1ccc(Oc3ccccc3)cc1)C(=O)CC2c1ccc(Cl)cc1Cl. The van der Waals surface area contributed by atoms with E-state index < -0.39 is 0 Å². The molecule has 0 saturated heterocycles. The van der Waals surface area contributed by atoms with Crippen molar-refractivity contribution < 1.29 is 14.3 Å². The van der Waals surface area contributed by atoms with E-state index in [0.29, 0.717) is 39.9 Å². The predicted octanol–water partition coefficient (Wildman–Crippen LogP) is 7.95. The van der Waals surface area contributed by atoms with Crippen LogP contribution in [0.4, 0.5) is 5.69 Å². The topological polar surface area (TPSA) is 46.6 Å². The lowest BCUT2D eigenvalue weighted by Crippen LogP contribution is -2.43. The van der Waals surface area contributed by atoms with Crippen molar-refractivity contribution in [3.05, 3.63) is 99.7 Å². The molecule has 1 amide bonds. The fourth-order valence-electron chi connectivity index (χ4n) is 5.05. The number of allylic oxidation sites excluding steroid dienone is 2. The maximum atomic E-state index is 13.6. The summed E-state index contributed by atoms with van der Waals surface area (Å²) in [4.78, 5) is 28.8. The number of para-hydroxylation sites is 1. The van der Waals surface area contributed by atoms with Crippen molar-refractivity contribution in [2.45, 2.75) is 39.0 Å². The maximum absolute atomic E-state index is 13.6. The van der Waals surface area contributed by atoms with Gasteiger partial charge in [-0.2, -0.15) is 0 Å². The molecule has 0 radical (unpaired) electrons. The van der Waals surface area contributed by atoms with Crippen molar-refractivity contribution in [3.8, 4) is 11.5 Å². The molecule has 5 rings (SSSR count). The lowest BCUT2D eigenvalue weighted by Gasteiger charge is -2.43. The first-order valence-electron chi connectivity index (χ1n) is 11.6. The second-order valence-electron chi connectivity index (χ2n) is 9.86. The smallest absolute Gasteiger partial charge is 0.232 e. The molecule has 0 fully saturated rings. The fraction of sp³-hybridized carbons (Fsp3) is 0.241. The van der Waals surface area contributed by atoms with Crippen molar-refractivity contribution in [1.29, 1.82) is 0 Å². The standard InChI is InChI=1S/C29H25Cl2NO3/c1-29(2)16-25-28(26(33)17-29)23(22-13-8-18(30)14-24(22)31)15-27(34)32(25)19-9-11-21(12-10-19)35-20-6-4-3-5-7-20/h3-14,23H,15-17H2,1-2H3. The van der Waals surface area contributed by atoms with Crippen LogP contribution in [0.15, 0.2) is 84.1 Å². The first kappa shape index (κ1) is 23.7. The Balaban J connectivity index is 1.55. The van der Waals surface area contributed by atoms with Gasteiger partial charge in [-0.25, -0.2) is 0 Å². The number of Topliss-reactive ketones (excluding diaryl/α,β-unsaturated/α-hetero) is 1. The van der Waals surface area contributed by atoms with Crippen LogP contribution in [0.5, 0.6) is 11.5 Å². The molecule has 0 spiro atoms. The summed E-state index contributed by atoms with van der Waals surface area (Å²) in [6, 6.07) is 22.2. The molecule has 1 aliphatic carbocycles. The number of nitrogens with zero attached hydrogens (tertiary/aromatic N) is 1. The summed E-state index contributed by atoms with van der Waals surface area (Å²) in [5.74, 6) is 1.02. The number of amides is 1. The minimum Gasteiger partial charge on any atom is -0.457 e. The molecular weight excluding hydrogens is 481 g/mol. The largest absolute Gasteiger partial charge is 0.457 e. The Morgan fingerprint density at radius 1 is 0.886 bits per heavy atom. The predicted molar refractivity (Wildman–Crippen MR) is 139 cm³/mol. The van der Waals surface area contributed by atoms with E-state index in [1.807, 2.05) is 60.7 Å². The van der Waals surface area contributed by atoms with Crippen molar-refractivity contribution >= 4 is 40.6 Å². The Kier molecular flexibility index (Phi) is 6.20. The number of carbonyl (C=O) groups excluding carboxylic acids is 2. The Labute approximate surface area is 215 Å². The molecule has 1 atom stereocenters. The summed E-state index contributed by atoms with van der Waals surface area (Å²) in [5.41, 5.74) is 2.66. The Bertz CT molecular complexity index is 1330. The third kappa shape index (κ3) is 4.73. The van der Waals surface area contributed by atoms with Crippen LogP contribution in [-0.4, -0.2) is 11.7 Å². The van der Waals surface area contributed by atoms with Gasteiger partial charge in [0.2, 0.25) is 5.91 Å². The molecule has 2 aliphatic rings. The number of ether oxygens (including phenoxy) is 1. The van der Waals surface area contributed by atoms with Crippen molar-refractivity contribution in [2.75, 3.05) is 4.90 Å². The molecule has 3 aromatic carbocycles. The van der Waals surface area contributed by atoms with E-state index in [2.05, 4.69) is 13.8 Å². The van der Waals surface area contributed by atoms with Crippen LogP contribution in [-0.2, 0) is 9.59 Å². The molecule has 1 heterocycles. The Hall–Kier alpha value is -3.08. The summed E-state index contributed by atoms with van der Waals surface area (Å²) in [5, 5.41) is 0.987. The van der Waals surface area contributed by atoms with Crippen molar-refractivity contribution in [1.82, 2.24) is 0 Å². The molecule has 178 valence electrons. The highest BCUT2D eigenvalue weighted by Crippen LogP contribution is 2.49. The quantitative estimate of drug-likeness (QED) is 0.361. The van der Waals surface area contributed by atoms with E-state index >= 15 is 0 Å². The number of halogens is 2. The zero-order valence-corrected chi connectivity index (χ0v) is 21.1. The van der Waals surface area contributed by atoms with E-state index in [0.717, 1.165) is 17.0 Å². The number of carbonyl (C=O) groups is 2. The third-order valence-corrected chi connectivity index (χ3v) is 7.12. The molecule has 3 aromatic rings. The molecule has 4 nitrogen and oxygen atoms in total. The monoisotopic (exact) mass is 505 g/mol. The van der Waals surface area contributed by atoms with Gasteiger partial charge in [0.15, 0.2) is 5.78 Å². The fourth-order valence-corrected chi connectivity index (χ4v) is 5.59. The highest BCUT2D eigenvalue weighted by molar-refractivity contribution is 6.35. The first-order valence-corrected chi connectivity index (χ1v) is 12.3. The van der Waals surface area contributed by atoms with Crippen molar-refractivity contribution in [2.24, 2.45) is 5.41 Å². The molecular formula is C29H25Cl2NO3. The van der Waals surface area contributed by atoms with Gasteiger partial charge in [0.1, 0.15) is 11.5 Å². The number of hydrogen-bond acceptors (Lipinski definition) is 3. The first-order chi connectivity index (χ1) is 16.7. The van der Waals surface area contributed by atoms with Gasteiger partial charge in [-0.1, -0.05) is 61.3 Å². The maximum Gasteiger partial charge on any atom is 0.232 e. The van der Waals surface area contributed by atoms with Crippen molar-refractivity contribution in [3.63, 3.8) is 0 Å². The van der Waals surface area contributed by atoms with Gasteiger partial charge in [-0.15, -0.1) is 0 Å². The number of hydrogen-bond donors (Lipinski definition) is 0.